The molecular weight excluding hydrogens is 304 g/mol. The molecule has 0 aliphatic heterocycles. The zero-order valence-corrected chi connectivity index (χ0v) is 15.1. The molecule has 0 aliphatic carbocycles. The van der Waals surface area contributed by atoms with Crippen molar-refractivity contribution in [1.82, 2.24) is 39.9 Å². The molecule has 0 atom stereocenters. The molecule has 0 aromatic carbocycles. The Bertz CT molecular complexity index is 808. The third-order valence-electron chi connectivity index (χ3n) is 2.55. The Kier molecular flexibility index (Phi) is 6.91. The molecule has 0 bridgehead atoms. The van der Waals surface area contributed by atoms with Gasteiger partial charge in [0.15, 0.2) is 0 Å². The van der Waals surface area contributed by atoms with E-state index in [0.29, 0.717) is 45.9 Å². The molecule has 8 nitrogen and oxygen atoms in total. The van der Waals surface area contributed by atoms with Crippen molar-refractivity contribution >= 4 is 13.2 Å². The van der Waals surface area contributed by atoms with E-state index in [1.807, 2.05) is 13.8 Å². The maximum absolute atomic E-state index is 4.35. The molecule has 0 saturated carbocycles. The molecule has 0 aliphatic rings. The highest BCUT2D eigenvalue weighted by atomic mass is 15.0. The number of aromatic amines is 2. The first-order chi connectivity index (χ1) is 11.2. The second-order valence-corrected chi connectivity index (χ2v) is 5.17. The Morgan fingerprint density at radius 3 is 1.21 bits per heavy atom. The summed E-state index contributed by atoms with van der Waals surface area (Å²) in [5.41, 5.74) is 0.761. The van der Waals surface area contributed by atoms with Gasteiger partial charge in [-0.1, -0.05) is 13.2 Å². The van der Waals surface area contributed by atoms with Crippen molar-refractivity contribution < 1.29 is 0 Å². The average molecular weight is 328 g/mol. The monoisotopic (exact) mass is 328 g/mol. The maximum atomic E-state index is 4.35. The van der Waals surface area contributed by atoms with Crippen molar-refractivity contribution in [2.75, 3.05) is 0 Å². The first-order valence-corrected chi connectivity index (χ1v) is 7.39. The van der Waals surface area contributed by atoms with Crippen LogP contribution >= 0.6 is 0 Å². The smallest absolute Gasteiger partial charge is 0.129 e. The molecule has 1 aromatic heterocycles. The number of hydrogen-bond donors (Lipinski definition) is 2. The number of aryl methyl sites for hydroxylation is 6. The fourth-order valence-electron chi connectivity index (χ4n) is 1.98. The van der Waals surface area contributed by atoms with E-state index in [2.05, 4.69) is 53.0 Å². The van der Waals surface area contributed by atoms with Gasteiger partial charge in [0.05, 0.1) is 0 Å². The molecule has 0 spiro atoms. The van der Waals surface area contributed by atoms with Crippen molar-refractivity contribution in [1.29, 1.82) is 0 Å². The van der Waals surface area contributed by atoms with E-state index in [1.165, 1.54) is 0 Å². The molecule has 0 unspecified atom stereocenters. The van der Waals surface area contributed by atoms with Crippen molar-refractivity contribution in [2.24, 2.45) is 0 Å². The van der Waals surface area contributed by atoms with Crippen LogP contribution in [0.15, 0.2) is 0 Å². The van der Waals surface area contributed by atoms with Gasteiger partial charge < -0.3 is 9.97 Å². The molecule has 1 heterocycles. The maximum Gasteiger partial charge on any atom is 0.129 e. The molecule has 1 aromatic rings. The average Bonchev–Trinajstić information content (AvgIpc) is 2.34. The Balaban J connectivity index is 3.90. The quantitative estimate of drug-likeness (QED) is 0.727. The van der Waals surface area contributed by atoms with Gasteiger partial charge in [-0.05, 0) is 41.5 Å². The third-order valence-corrected chi connectivity index (χ3v) is 2.55. The highest BCUT2D eigenvalue weighted by molar-refractivity contribution is 4.93. The van der Waals surface area contributed by atoms with E-state index in [9.17, 15) is 0 Å². The summed E-state index contributed by atoms with van der Waals surface area (Å²) in [6, 6.07) is 0. The number of aromatic nitrogens is 8. The number of H-pyrrole nitrogens is 2. The minimum Gasteiger partial charge on any atom is -0.332 e. The highest BCUT2D eigenvalue weighted by Crippen LogP contribution is 1.88. The van der Waals surface area contributed by atoms with Crippen LogP contribution in [0.2, 0.25) is 0 Å². The lowest BCUT2D eigenvalue weighted by Gasteiger charge is -1.94. The number of rotatable bonds is 0. The highest BCUT2D eigenvalue weighted by Gasteiger charge is 1.89. The summed E-state index contributed by atoms with van der Waals surface area (Å²) in [7, 11) is 0. The standard InChI is InChI=1S/C16H24N8/c1-9-17-10(2)19-12(4)21-14(6)23-16(8)24-15(7)22-13(5)20-11(3)18-9/h17H,1-2H2,3-8H3,(H,18,19,20,21,22,23,24). The van der Waals surface area contributed by atoms with Crippen LogP contribution in [0, 0.1) is 41.5 Å². The predicted molar refractivity (Wildman–Crippen MR) is 93.5 cm³/mol. The van der Waals surface area contributed by atoms with Crippen LogP contribution in [0.3, 0.4) is 0 Å². The molecule has 1 rings (SSSR count). The molecule has 8 heteroatoms. The Morgan fingerprint density at radius 2 is 0.833 bits per heavy atom. The van der Waals surface area contributed by atoms with Gasteiger partial charge in [0.2, 0.25) is 0 Å². The molecular formula is C16H24N8. The Morgan fingerprint density at radius 1 is 0.500 bits per heavy atom. The minimum absolute atomic E-state index is 0.381. The summed E-state index contributed by atoms with van der Waals surface area (Å²) < 4.78 is 0. The van der Waals surface area contributed by atoms with Crippen LogP contribution in [0.5, 0.6) is 0 Å². The predicted octanol–water partition coefficient (Wildman–Crippen LogP) is 0.757. The third kappa shape index (κ3) is 7.39. The van der Waals surface area contributed by atoms with E-state index in [4.69, 9.17) is 0 Å². The van der Waals surface area contributed by atoms with Crippen LogP contribution < -0.4 is 11.0 Å². The number of hydrogen-bond acceptors (Lipinski definition) is 6. The largest absolute Gasteiger partial charge is 0.332 e. The Labute approximate surface area is 141 Å². The lowest BCUT2D eigenvalue weighted by atomic mass is 10.6. The van der Waals surface area contributed by atoms with Crippen molar-refractivity contribution in [3.63, 3.8) is 0 Å². The van der Waals surface area contributed by atoms with E-state index in [-0.39, 0.29) is 0 Å². The van der Waals surface area contributed by atoms with Gasteiger partial charge in [0.1, 0.15) is 45.9 Å². The second kappa shape index (κ2) is 8.66. The van der Waals surface area contributed by atoms with Crippen LogP contribution in [0.1, 0.15) is 34.9 Å². The summed E-state index contributed by atoms with van der Waals surface area (Å²) in [6.45, 7) is 18.4. The molecule has 0 amide bonds. The van der Waals surface area contributed by atoms with Crippen LogP contribution in [-0.2, 0) is 0 Å². The fraction of sp³-hybridized carbons (Fsp3) is 0.375. The molecule has 24 heavy (non-hydrogen) atoms. The van der Waals surface area contributed by atoms with Gasteiger partial charge in [0.25, 0.3) is 0 Å². The molecule has 0 saturated heterocycles. The van der Waals surface area contributed by atoms with Gasteiger partial charge in [-0.3, -0.25) is 0 Å². The van der Waals surface area contributed by atoms with Crippen LogP contribution in [0.25, 0.3) is 13.2 Å². The van der Waals surface area contributed by atoms with Crippen LogP contribution in [-0.4, -0.2) is 39.9 Å². The normalized spacial score (nSPS) is 9.58. The van der Waals surface area contributed by atoms with Crippen molar-refractivity contribution in [3.8, 4) is 0 Å². The van der Waals surface area contributed by atoms with E-state index >= 15 is 0 Å². The number of nitrogens with one attached hydrogen (secondary N) is 2. The zero-order chi connectivity index (χ0) is 18.3. The van der Waals surface area contributed by atoms with Crippen LogP contribution in [0.4, 0.5) is 0 Å². The summed E-state index contributed by atoms with van der Waals surface area (Å²) in [4.78, 5) is 31.7. The summed E-state index contributed by atoms with van der Waals surface area (Å²) in [5.74, 6) is 3.49. The minimum atomic E-state index is 0.381. The molecule has 0 radical (unpaired) electrons. The summed E-state index contributed by atoms with van der Waals surface area (Å²) >= 11 is 0. The topological polar surface area (TPSA) is 109 Å². The van der Waals surface area contributed by atoms with E-state index < -0.39 is 0 Å². The summed E-state index contributed by atoms with van der Waals surface area (Å²) in [6.07, 6.45) is 0. The van der Waals surface area contributed by atoms with E-state index in [0.717, 1.165) is 0 Å². The van der Waals surface area contributed by atoms with Crippen molar-refractivity contribution in [2.45, 2.75) is 41.5 Å². The zero-order valence-electron chi connectivity index (χ0n) is 15.1. The molecule has 0 fully saturated rings. The van der Waals surface area contributed by atoms with Gasteiger partial charge in [-0.2, -0.15) is 0 Å². The van der Waals surface area contributed by atoms with Gasteiger partial charge in [-0.25, -0.2) is 29.9 Å². The van der Waals surface area contributed by atoms with Gasteiger partial charge >= 0.3 is 0 Å². The summed E-state index contributed by atoms with van der Waals surface area (Å²) in [5, 5.41) is 0. The SMILES string of the molecule is C=c1nc(C)nc(C)nc(C)[nH]c(C)nc(C)nc(C)nc(=C)[nH]1. The molecule has 2 N–H and O–H groups in total. The second-order valence-electron chi connectivity index (χ2n) is 5.17. The number of nitrogens with zero attached hydrogens (tertiary/aromatic N) is 6. The lowest BCUT2D eigenvalue weighted by molar-refractivity contribution is 0.884. The first kappa shape index (κ1) is 19.1. The van der Waals surface area contributed by atoms with Gasteiger partial charge in [-0.15, -0.1) is 0 Å². The molecule has 128 valence electrons. The first-order valence-electron chi connectivity index (χ1n) is 7.39. The lowest BCUT2D eigenvalue weighted by Crippen LogP contribution is -2.20. The van der Waals surface area contributed by atoms with E-state index in [1.54, 1.807) is 27.7 Å². The Hall–Kier alpha value is -2.90. The fourth-order valence-corrected chi connectivity index (χ4v) is 1.98. The van der Waals surface area contributed by atoms with Gasteiger partial charge in [0, 0.05) is 0 Å². The van der Waals surface area contributed by atoms with Crippen molar-refractivity contribution in [3.05, 3.63) is 45.9 Å².